The number of nitrogens with zero attached hydrogens (tertiary/aromatic N) is 3. The van der Waals surface area contributed by atoms with Gasteiger partial charge in [0, 0.05) is 63.5 Å². The maximum absolute atomic E-state index is 13.1. The molecule has 1 aromatic heterocycles. The van der Waals surface area contributed by atoms with E-state index in [9.17, 15) is 4.79 Å². The average molecular weight is 646 g/mol. The average Bonchev–Trinajstić information content (AvgIpc) is 3.46. The number of piperazine rings is 1. The van der Waals surface area contributed by atoms with Gasteiger partial charge in [0.1, 0.15) is 17.4 Å². The number of hydrogen-bond donors (Lipinski definition) is 4. The van der Waals surface area contributed by atoms with Crippen LogP contribution in [0, 0.1) is 5.41 Å². The maximum Gasteiger partial charge on any atom is 0.427 e. The number of nitrogens with two attached hydrogens (primary N) is 1. The lowest BCUT2D eigenvalue weighted by Gasteiger charge is -2.40. The molecule has 0 spiro atoms. The predicted molar refractivity (Wildman–Crippen MR) is 186 cm³/mol. The van der Waals surface area contributed by atoms with E-state index in [1.165, 1.54) is 5.56 Å². The molecule has 1 unspecified atom stereocenters. The maximum atomic E-state index is 13.1. The van der Waals surface area contributed by atoms with Crippen molar-refractivity contribution in [2.75, 3.05) is 39.4 Å². The van der Waals surface area contributed by atoms with Gasteiger partial charge >= 0.3 is 6.09 Å². The van der Waals surface area contributed by atoms with E-state index in [0.717, 1.165) is 67.7 Å². The summed E-state index contributed by atoms with van der Waals surface area (Å²) in [5.41, 5.74) is 13.4. The van der Waals surface area contributed by atoms with Crippen molar-refractivity contribution in [2.45, 2.75) is 38.6 Å². The molecule has 1 amide bonds. The number of halogens is 1. The first-order valence-corrected chi connectivity index (χ1v) is 15.7. The third kappa shape index (κ3) is 10.1. The molecule has 1 aliphatic heterocycles. The minimum atomic E-state index is -0.518. The predicted octanol–water partition coefficient (Wildman–Crippen LogP) is 5.57. The Balaban J connectivity index is 0.00000480. The minimum absolute atomic E-state index is 0. The van der Waals surface area contributed by atoms with Crippen LogP contribution in [0.4, 0.5) is 4.79 Å². The van der Waals surface area contributed by atoms with Crippen molar-refractivity contribution in [1.29, 1.82) is 5.41 Å². The van der Waals surface area contributed by atoms with Gasteiger partial charge in [0.05, 0.1) is 11.0 Å². The highest BCUT2D eigenvalue weighted by Gasteiger charge is 2.28. The summed E-state index contributed by atoms with van der Waals surface area (Å²) < 4.78 is 11.1. The van der Waals surface area contributed by atoms with Crippen molar-refractivity contribution in [1.82, 2.24) is 25.3 Å². The Bertz CT molecular complexity index is 1580. The highest BCUT2D eigenvalue weighted by molar-refractivity contribution is 5.94. The molecule has 11 heteroatoms. The monoisotopic (exact) mass is 645 g/mol. The summed E-state index contributed by atoms with van der Waals surface area (Å²) in [6.07, 6.45) is 7.17. The molecule has 10 nitrogen and oxygen atoms in total. The van der Waals surface area contributed by atoms with E-state index in [0.29, 0.717) is 31.1 Å². The second-order valence-corrected chi connectivity index (χ2v) is 11.2. The van der Waals surface area contributed by atoms with E-state index in [2.05, 4.69) is 44.6 Å². The number of benzene rings is 3. The highest BCUT2D eigenvalue weighted by atomic mass is 35.5. The zero-order valence-corrected chi connectivity index (χ0v) is 27.1. The van der Waals surface area contributed by atoms with E-state index in [1.807, 2.05) is 60.5 Å². The summed E-state index contributed by atoms with van der Waals surface area (Å²) in [4.78, 5) is 23.5. The summed E-state index contributed by atoms with van der Waals surface area (Å²) in [6, 6.07) is 23.6. The van der Waals surface area contributed by atoms with Crippen molar-refractivity contribution < 1.29 is 14.3 Å². The number of imidazole rings is 1. The normalized spacial score (nSPS) is 15.5. The Morgan fingerprint density at radius 1 is 1.11 bits per heavy atom. The van der Waals surface area contributed by atoms with Crippen LogP contribution in [0.2, 0.25) is 0 Å². The lowest BCUT2D eigenvalue weighted by molar-refractivity contribution is 0.0375. The number of amides is 1. The standard InChI is InChI=1S/C35H43N7O3.ClH/c1-2-44-23-7-11-33-38-31-19-18-30(24-32(31)39-33)45-35(43)40-42-22-21-41(20-6-10-26-8-4-3-5-9-26)25-29(42)17-14-27-12-15-28(16-13-27)34(36)37;/h3-6,8-10,12-13,15-16,18-19,24,29H,2,7,11,14,17,20-23,25H2,1H3,(H3,36,37)(H,38,39)(H,40,43);1H. The Morgan fingerprint density at radius 2 is 1.91 bits per heavy atom. The number of hydrazine groups is 1. The van der Waals surface area contributed by atoms with Crippen LogP contribution >= 0.6 is 12.4 Å². The molecule has 244 valence electrons. The summed E-state index contributed by atoms with van der Waals surface area (Å²) in [5, 5.41) is 9.66. The van der Waals surface area contributed by atoms with Crippen molar-refractivity contribution in [3.63, 3.8) is 0 Å². The number of carbonyl (C=O) groups is 1. The van der Waals surface area contributed by atoms with Gasteiger partial charge in [0.25, 0.3) is 0 Å². The van der Waals surface area contributed by atoms with E-state index in [4.69, 9.17) is 20.6 Å². The van der Waals surface area contributed by atoms with Gasteiger partial charge < -0.3 is 20.2 Å². The number of nitrogen functional groups attached to an aromatic ring is 1. The number of nitrogens with one attached hydrogen (secondary N) is 3. The second kappa shape index (κ2) is 17.5. The minimum Gasteiger partial charge on any atom is -0.409 e. The molecule has 5 rings (SSSR count). The summed E-state index contributed by atoms with van der Waals surface area (Å²) in [6.45, 7) is 6.52. The molecule has 1 fully saturated rings. The van der Waals surface area contributed by atoms with Gasteiger partial charge in [-0.25, -0.2) is 14.8 Å². The van der Waals surface area contributed by atoms with Gasteiger partial charge in [-0.1, -0.05) is 66.7 Å². The summed E-state index contributed by atoms with van der Waals surface area (Å²) >= 11 is 0. The Labute approximate surface area is 276 Å². The smallest absolute Gasteiger partial charge is 0.409 e. The van der Waals surface area contributed by atoms with Crippen LogP contribution < -0.4 is 15.9 Å². The number of rotatable bonds is 14. The molecule has 3 aromatic carbocycles. The topological polar surface area (TPSA) is 133 Å². The van der Waals surface area contributed by atoms with E-state index in [-0.39, 0.29) is 24.3 Å². The number of aromatic nitrogens is 2. The summed E-state index contributed by atoms with van der Waals surface area (Å²) in [5.74, 6) is 1.40. The number of hydrogen-bond acceptors (Lipinski definition) is 7. The second-order valence-electron chi connectivity index (χ2n) is 11.2. The van der Waals surface area contributed by atoms with Crippen LogP contribution in [0.5, 0.6) is 5.75 Å². The van der Waals surface area contributed by atoms with Gasteiger partial charge in [0.15, 0.2) is 0 Å². The fourth-order valence-corrected chi connectivity index (χ4v) is 5.52. The van der Waals surface area contributed by atoms with Crippen molar-refractivity contribution in [2.24, 2.45) is 5.73 Å². The van der Waals surface area contributed by atoms with E-state index >= 15 is 0 Å². The van der Waals surface area contributed by atoms with Crippen LogP contribution in [-0.4, -0.2) is 77.2 Å². The van der Waals surface area contributed by atoms with Crippen molar-refractivity contribution in [3.8, 4) is 5.75 Å². The molecular formula is C35H44ClN7O3. The SMILES string of the molecule is CCOCCCc1nc2cc(OC(=O)NN3CCN(CC=Cc4ccccc4)CC3CCc3ccc(C(=N)N)cc3)ccc2[nH]1.Cl. The van der Waals surface area contributed by atoms with Gasteiger partial charge in [-0.15, -0.1) is 12.4 Å². The fraction of sp³-hybridized carbons (Fsp3) is 0.343. The lowest BCUT2D eigenvalue weighted by Crippen LogP contribution is -2.59. The molecule has 4 aromatic rings. The lowest BCUT2D eigenvalue weighted by atomic mass is 10.0. The van der Waals surface area contributed by atoms with Crippen molar-refractivity contribution in [3.05, 3.63) is 101 Å². The summed E-state index contributed by atoms with van der Waals surface area (Å²) in [7, 11) is 0. The first-order valence-electron chi connectivity index (χ1n) is 15.7. The Morgan fingerprint density at radius 3 is 2.67 bits per heavy atom. The molecule has 2 heterocycles. The van der Waals surface area contributed by atoms with E-state index < -0.39 is 6.09 Å². The molecular weight excluding hydrogens is 602 g/mol. The van der Waals surface area contributed by atoms with Crippen LogP contribution in [0.3, 0.4) is 0 Å². The Hall–Kier alpha value is -4.22. The molecule has 5 N–H and O–H groups in total. The fourth-order valence-electron chi connectivity index (χ4n) is 5.52. The van der Waals surface area contributed by atoms with Gasteiger partial charge in [-0.3, -0.25) is 15.7 Å². The molecule has 0 bridgehead atoms. The van der Waals surface area contributed by atoms with Crippen LogP contribution in [0.15, 0.2) is 78.9 Å². The van der Waals surface area contributed by atoms with Gasteiger partial charge in [-0.05, 0) is 49.4 Å². The Kier molecular flexibility index (Phi) is 13.2. The van der Waals surface area contributed by atoms with E-state index in [1.54, 1.807) is 12.1 Å². The molecule has 0 saturated carbocycles. The molecule has 0 aliphatic carbocycles. The zero-order valence-electron chi connectivity index (χ0n) is 26.3. The number of aryl methyl sites for hydroxylation is 2. The zero-order chi connectivity index (χ0) is 31.4. The van der Waals surface area contributed by atoms with Crippen LogP contribution in [-0.2, 0) is 17.6 Å². The number of fused-ring (bicyclic) bond motifs is 1. The molecule has 1 saturated heterocycles. The molecule has 0 radical (unpaired) electrons. The quantitative estimate of drug-likeness (QED) is 0.0800. The number of carbonyl (C=O) groups excluding carboxylic acids is 1. The largest absolute Gasteiger partial charge is 0.427 e. The van der Waals surface area contributed by atoms with Crippen molar-refractivity contribution >= 4 is 41.4 Å². The number of aromatic amines is 1. The number of H-pyrrole nitrogens is 1. The molecule has 1 atom stereocenters. The van der Waals surface area contributed by atoms with Crippen LogP contribution in [0.1, 0.15) is 42.3 Å². The first kappa shape index (κ1) is 34.6. The van der Waals surface area contributed by atoms with Gasteiger partial charge in [0.2, 0.25) is 0 Å². The first-order chi connectivity index (χ1) is 22.0. The number of ether oxygens (including phenoxy) is 2. The third-order valence-electron chi connectivity index (χ3n) is 7.93. The van der Waals surface area contributed by atoms with Crippen LogP contribution in [0.25, 0.3) is 17.1 Å². The molecule has 1 aliphatic rings. The highest BCUT2D eigenvalue weighted by Crippen LogP contribution is 2.21. The van der Waals surface area contributed by atoms with Gasteiger partial charge in [-0.2, -0.15) is 0 Å². The third-order valence-corrected chi connectivity index (χ3v) is 7.93. The molecule has 46 heavy (non-hydrogen) atoms. The number of amidine groups is 1.